The van der Waals surface area contributed by atoms with Gasteiger partial charge in [0.05, 0.1) is 18.9 Å². The van der Waals surface area contributed by atoms with Crippen LogP contribution in [0, 0.1) is 0 Å². The number of amides is 1. The second-order valence-corrected chi connectivity index (χ2v) is 7.62. The summed E-state index contributed by atoms with van der Waals surface area (Å²) >= 11 is 0. The van der Waals surface area contributed by atoms with Crippen LogP contribution in [0.5, 0.6) is 5.75 Å². The van der Waals surface area contributed by atoms with Crippen LogP contribution in [-0.2, 0) is 23.0 Å². The van der Waals surface area contributed by atoms with Crippen LogP contribution < -0.4 is 15.6 Å². The first-order chi connectivity index (χ1) is 14.9. The van der Waals surface area contributed by atoms with E-state index in [-0.39, 0.29) is 18.1 Å². The average molecular weight is 429 g/mol. The van der Waals surface area contributed by atoms with E-state index < -0.39 is 18.1 Å². The Bertz CT molecular complexity index is 980. The lowest BCUT2D eigenvalue weighted by Crippen LogP contribution is -2.43. The van der Waals surface area contributed by atoms with Crippen LogP contribution in [0.4, 0.5) is 4.79 Å². The molecule has 0 radical (unpaired) electrons. The maximum absolute atomic E-state index is 12.5. The SMILES string of the molecule is COc1cnn(C)c(=O)c1-c1ccc(C[C@H](NC(=O)OC2CCCCC2)C(=O)O)cc1. The topological polar surface area (TPSA) is 120 Å². The highest BCUT2D eigenvalue weighted by Gasteiger charge is 2.24. The highest BCUT2D eigenvalue weighted by atomic mass is 16.6. The average Bonchev–Trinajstić information content (AvgIpc) is 2.76. The molecule has 9 nitrogen and oxygen atoms in total. The van der Waals surface area contributed by atoms with E-state index in [1.165, 1.54) is 18.0 Å². The molecule has 1 heterocycles. The molecule has 1 atom stereocenters. The number of carboxylic acid groups (broad SMARTS) is 1. The lowest BCUT2D eigenvalue weighted by atomic mass is 9.98. The summed E-state index contributed by atoms with van der Waals surface area (Å²) in [6.07, 6.45) is 5.47. The third kappa shape index (κ3) is 5.62. The highest BCUT2D eigenvalue weighted by Crippen LogP contribution is 2.26. The standard InChI is InChI=1S/C22H27N3O6/c1-25-20(26)19(18(30-2)13-23-25)15-10-8-14(9-11-15)12-17(21(27)28)24-22(29)31-16-6-4-3-5-7-16/h8-11,13,16-17H,3-7,12H2,1-2H3,(H,24,29)(H,27,28)/t17-/m0/s1. The summed E-state index contributed by atoms with van der Waals surface area (Å²) in [6, 6.07) is 5.75. The molecule has 1 saturated carbocycles. The van der Waals surface area contributed by atoms with Crippen LogP contribution in [0.2, 0.25) is 0 Å². The molecule has 2 N–H and O–H groups in total. The van der Waals surface area contributed by atoms with Crippen molar-refractivity contribution in [3.05, 3.63) is 46.4 Å². The van der Waals surface area contributed by atoms with Gasteiger partial charge in [-0.15, -0.1) is 0 Å². The van der Waals surface area contributed by atoms with Crippen molar-refractivity contribution >= 4 is 12.1 Å². The Morgan fingerprint density at radius 2 is 1.90 bits per heavy atom. The van der Waals surface area contributed by atoms with Gasteiger partial charge in [0.25, 0.3) is 5.56 Å². The third-order valence-corrected chi connectivity index (χ3v) is 5.42. The van der Waals surface area contributed by atoms with Crippen molar-refractivity contribution in [2.24, 2.45) is 7.05 Å². The molecule has 1 aliphatic rings. The highest BCUT2D eigenvalue weighted by molar-refractivity contribution is 5.80. The molecule has 9 heteroatoms. The number of alkyl carbamates (subject to hydrolysis) is 1. The van der Waals surface area contributed by atoms with Gasteiger partial charge in [0.1, 0.15) is 12.1 Å². The van der Waals surface area contributed by atoms with Crippen molar-refractivity contribution in [3.8, 4) is 16.9 Å². The zero-order valence-electron chi connectivity index (χ0n) is 17.7. The number of nitrogens with zero attached hydrogens (tertiary/aromatic N) is 2. The predicted octanol–water partition coefficient (Wildman–Crippen LogP) is 2.51. The Hall–Kier alpha value is -3.36. The van der Waals surface area contributed by atoms with Gasteiger partial charge in [-0.1, -0.05) is 30.7 Å². The van der Waals surface area contributed by atoms with Crippen molar-refractivity contribution in [2.75, 3.05) is 7.11 Å². The van der Waals surface area contributed by atoms with Crippen LogP contribution in [0.25, 0.3) is 11.1 Å². The van der Waals surface area contributed by atoms with Gasteiger partial charge in [0.15, 0.2) is 5.75 Å². The molecule has 1 aliphatic carbocycles. The first-order valence-electron chi connectivity index (χ1n) is 10.3. The van der Waals surface area contributed by atoms with Crippen molar-refractivity contribution in [3.63, 3.8) is 0 Å². The molecule has 1 fully saturated rings. The van der Waals surface area contributed by atoms with Gasteiger partial charge >= 0.3 is 12.1 Å². The first kappa shape index (κ1) is 22.3. The van der Waals surface area contributed by atoms with E-state index in [0.29, 0.717) is 22.4 Å². The number of rotatable bonds is 7. The molecule has 1 amide bonds. The first-order valence-corrected chi connectivity index (χ1v) is 10.3. The van der Waals surface area contributed by atoms with Crippen molar-refractivity contribution in [1.29, 1.82) is 0 Å². The Balaban J connectivity index is 1.70. The number of methoxy groups -OCH3 is 1. The summed E-state index contributed by atoms with van der Waals surface area (Å²) < 4.78 is 11.8. The number of hydrogen-bond donors (Lipinski definition) is 2. The maximum Gasteiger partial charge on any atom is 0.408 e. The second-order valence-electron chi connectivity index (χ2n) is 7.62. The Labute approximate surface area is 180 Å². The summed E-state index contributed by atoms with van der Waals surface area (Å²) in [5.41, 5.74) is 1.39. The number of aromatic nitrogens is 2. The van der Waals surface area contributed by atoms with Crippen LogP contribution in [0.1, 0.15) is 37.7 Å². The molecule has 0 unspecified atom stereocenters. The van der Waals surface area contributed by atoms with Gasteiger partial charge in [-0.3, -0.25) is 4.79 Å². The fourth-order valence-electron chi connectivity index (χ4n) is 3.70. The molecule has 0 spiro atoms. The lowest BCUT2D eigenvalue weighted by Gasteiger charge is -2.23. The van der Waals surface area contributed by atoms with Gasteiger partial charge in [-0.2, -0.15) is 5.10 Å². The number of hydrogen-bond acceptors (Lipinski definition) is 6. The molecule has 1 aromatic heterocycles. The zero-order valence-corrected chi connectivity index (χ0v) is 17.7. The van der Waals surface area contributed by atoms with Gasteiger partial charge in [0, 0.05) is 13.5 Å². The van der Waals surface area contributed by atoms with Gasteiger partial charge in [-0.25, -0.2) is 14.3 Å². The van der Waals surface area contributed by atoms with E-state index in [0.717, 1.165) is 32.1 Å². The Morgan fingerprint density at radius 1 is 1.23 bits per heavy atom. The van der Waals surface area contributed by atoms with E-state index in [2.05, 4.69) is 10.4 Å². The summed E-state index contributed by atoms with van der Waals surface area (Å²) in [6.45, 7) is 0. The lowest BCUT2D eigenvalue weighted by molar-refractivity contribution is -0.139. The number of nitrogens with one attached hydrogen (secondary N) is 1. The minimum atomic E-state index is -1.14. The minimum Gasteiger partial charge on any atom is -0.494 e. The number of carbonyl (C=O) groups is 2. The molecule has 0 aliphatic heterocycles. The number of carboxylic acids is 1. The molecule has 0 bridgehead atoms. The zero-order chi connectivity index (χ0) is 22.4. The van der Waals surface area contributed by atoms with Crippen molar-refractivity contribution in [1.82, 2.24) is 15.1 Å². The van der Waals surface area contributed by atoms with Gasteiger partial charge < -0.3 is 19.9 Å². The van der Waals surface area contributed by atoms with Crippen LogP contribution in [-0.4, -0.2) is 46.2 Å². The van der Waals surface area contributed by atoms with Gasteiger partial charge in [-0.05, 0) is 36.8 Å². The third-order valence-electron chi connectivity index (χ3n) is 5.42. The molecular formula is C22H27N3O6. The summed E-state index contributed by atoms with van der Waals surface area (Å²) in [5.74, 6) is -0.791. The van der Waals surface area contributed by atoms with Crippen LogP contribution in [0.15, 0.2) is 35.3 Å². The van der Waals surface area contributed by atoms with E-state index in [9.17, 15) is 19.5 Å². The fraction of sp³-hybridized carbons (Fsp3) is 0.455. The minimum absolute atomic E-state index is 0.0842. The van der Waals surface area contributed by atoms with Crippen LogP contribution >= 0.6 is 0 Å². The molecule has 2 aromatic rings. The Morgan fingerprint density at radius 3 is 2.52 bits per heavy atom. The van der Waals surface area contributed by atoms with Crippen molar-refractivity contribution in [2.45, 2.75) is 50.7 Å². The van der Waals surface area contributed by atoms with E-state index in [1.807, 2.05) is 0 Å². The number of ether oxygens (including phenoxy) is 2. The van der Waals surface area contributed by atoms with E-state index in [4.69, 9.17) is 9.47 Å². The maximum atomic E-state index is 12.5. The number of aryl methyl sites for hydroxylation is 1. The number of carbonyl (C=O) groups excluding carboxylic acids is 1. The smallest absolute Gasteiger partial charge is 0.408 e. The number of benzene rings is 1. The largest absolute Gasteiger partial charge is 0.494 e. The molecule has 31 heavy (non-hydrogen) atoms. The molecule has 166 valence electrons. The van der Waals surface area contributed by atoms with E-state index >= 15 is 0 Å². The molecule has 0 saturated heterocycles. The van der Waals surface area contributed by atoms with E-state index in [1.54, 1.807) is 31.3 Å². The predicted molar refractivity (Wildman–Crippen MR) is 113 cm³/mol. The molecular weight excluding hydrogens is 402 g/mol. The van der Waals surface area contributed by atoms with Gasteiger partial charge in [0.2, 0.25) is 0 Å². The summed E-state index contributed by atoms with van der Waals surface area (Å²) in [7, 11) is 3.01. The monoisotopic (exact) mass is 429 g/mol. The second kappa shape index (κ2) is 10.1. The normalized spacial score (nSPS) is 15.2. The summed E-state index contributed by atoms with van der Waals surface area (Å²) in [4.78, 5) is 36.3. The quantitative estimate of drug-likeness (QED) is 0.694. The van der Waals surface area contributed by atoms with Crippen LogP contribution in [0.3, 0.4) is 0 Å². The number of aliphatic carboxylic acids is 1. The van der Waals surface area contributed by atoms with Crippen molar-refractivity contribution < 1.29 is 24.2 Å². The Kier molecular flexibility index (Phi) is 7.28. The molecule has 3 rings (SSSR count). The summed E-state index contributed by atoms with van der Waals surface area (Å²) in [5, 5.41) is 15.9. The fourth-order valence-corrected chi connectivity index (χ4v) is 3.70. The molecule has 1 aromatic carbocycles.